The second-order valence-electron chi connectivity index (χ2n) is 40.0. The predicted octanol–water partition coefficient (Wildman–Crippen LogP) is 24.4. The fourth-order valence-electron chi connectivity index (χ4n) is 21.9. The highest BCUT2D eigenvalue weighted by molar-refractivity contribution is 6.21. The van der Waals surface area contributed by atoms with Crippen LogP contribution in [0, 0.1) is 67.2 Å². The van der Waals surface area contributed by atoms with Gasteiger partial charge >= 0.3 is 0 Å². The molecule has 2 aliphatic carbocycles. The summed E-state index contributed by atoms with van der Waals surface area (Å²) in [5, 5.41) is 210. The maximum Gasteiger partial charge on any atom is 0.255 e. The first-order chi connectivity index (χ1) is 71.7. The molecule has 3 amide bonds. The van der Waals surface area contributed by atoms with E-state index < -0.39 is 98.3 Å². The van der Waals surface area contributed by atoms with Gasteiger partial charge in [0.15, 0.2) is 86.3 Å². The van der Waals surface area contributed by atoms with Crippen LogP contribution in [0.2, 0.25) is 0 Å². The first kappa shape index (κ1) is 106. The van der Waals surface area contributed by atoms with Gasteiger partial charge in [0.2, 0.25) is 0 Å². The molecule has 27 heteroatoms. The molecule has 0 spiro atoms. The SMILES string of the molecule is Cc1cc2c(C(=O)CCC3CCCCC3)c(O)c(O)cc2c(O)c1-c1c(C)cc2c(C(=O)NCC3CCCCC3)c(O)c(O)cc2c1O.Cc1cc2c(C(=O)CCCc3ccccc3)c(O)c(O)cc2c(O)c1-c1c(C)cc2c(C(=O)NCCc3ccccc3)c(O)c(O)cc2c1O.Cc1cccc(CCCC(=O)c2c(O)c(O)cc3c(O)c(-c4c(C)cc5c(C(=O)NCCc6cccc(C)c6)c(O)c(O)cc5c4O)c(C)cc23)c1. The summed E-state index contributed by atoms with van der Waals surface area (Å²) in [4.78, 5) is 80.8. The number of benzene rings is 16. The van der Waals surface area contributed by atoms with Crippen molar-refractivity contribution in [1.29, 1.82) is 0 Å². The molecular formula is C123H123N3O24. The van der Waals surface area contributed by atoms with Gasteiger partial charge in [-0.15, -0.1) is 0 Å². The molecule has 0 heterocycles. The van der Waals surface area contributed by atoms with Gasteiger partial charge in [0.1, 0.15) is 34.5 Å². The highest BCUT2D eigenvalue weighted by atomic mass is 16.3. The molecular weight excluding hydrogens is 1900 g/mol. The van der Waals surface area contributed by atoms with Gasteiger partial charge in [0.25, 0.3) is 17.7 Å². The Morgan fingerprint density at radius 2 is 0.487 bits per heavy atom. The molecule has 0 radical (unpaired) electrons. The van der Waals surface area contributed by atoms with Gasteiger partial charge in [0.05, 0.1) is 33.4 Å². The van der Waals surface area contributed by atoms with Crippen molar-refractivity contribution < 1.29 is 121 Å². The number of aromatic hydroxyl groups is 18. The summed E-state index contributed by atoms with van der Waals surface area (Å²) >= 11 is 0. The zero-order valence-electron chi connectivity index (χ0n) is 84.7. The molecule has 150 heavy (non-hydrogen) atoms. The zero-order chi connectivity index (χ0) is 107. The van der Waals surface area contributed by atoms with E-state index in [0.717, 1.165) is 96.9 Å². The Morgan fingerprint density at radius 3 is 0.793 bits per heavy atom. The Labute approximate surface area is 865 Å². The highest BCUT2D eigenvalue weighted by Crippen LogP contribution is 2.57. The van der Waals surface area contributed by atoms with Crippen LogP contribution in [0.15, 0.2) is 182 Å². The fourth-order valence-corrected chi connectivity index (χ4v) is 21.9. The highest BCUT2D eigenvalue weighted by Gasteiger charge is 2.35. The average molecular weight is 2030 g/mol. The number of Topliss-reactive ketones (excluding diaryl/α,β-unsaturated/α-hetero) is 3. The Morgan fingerprint density at radius 1 is 0.240 bits per heavy atom. The molecule has 0 aliphatic heterocycles. The smallest absolute Gasteiger partial charge is 0.255 e. The van der Waals surface area contributed by atoms with Crippen molar-refractivity contribution in [2.45, 2.75) is 184 Å². The molecule has 0 bridgehead atoms. The van der Waals surface area contributed by atoms with Gasteiger partial charge in [0, 0.05) is 137 Å². The van der Waals surface area contributed by atoms with E-state index in [1.807, 2.05) is 123 Å². The van der Waals surface area contributed by atoms with Crippen LogP contribution in [0.3, 0.4) is 0 Å². The number of hydrogen-bond donors (Lipinski definition) is 21. The topological polar surface area (TPSA) is 503 Å². The monoisotopic (exact) mass is 2030 g/mol. The minimum atomic E-state index is -0.646. The molecule has 0 atom stereocenters. The summed E-state index contributed by atoms with van der Waals surface area (Å²) < 4.78 is 0. The predicted molar refractivity (Wildman–Crippen MR) is 580 cm³/mol. The van der Waals surface area contributed by atoms with Crippen LogP contribution in [0.1, 0.15) is 232 Å². The lowest BCUT2D eigenvalue weighted by Gasteiger charge is -2.23. The molecule has 27 nitrogen and oxygen atoms in total. The Kier molecular flexibility index (Phi) is 31.5. The van der Waals surface area contributed by atoms with Crippen molar-refractivity contribution in [3.8, 4) is 137 Å². The summed E-state index contributed by atoms with van der Waals surface area (Å²) in [6.07, 6.45) is 15.5. The summed E-state index contributed by atoms with van der Waals surface area (Å²) in [6.45, 7) is 15.0. The largest absolute Gasteiger partial charge is 0.507 e. The van der Waals surface area contributed by atoms with E-state index in [9.17, 15) is 121 Å². The first-order valence-corrected chi connectivity index (χ1v) is 50.6. The van der Waals surface area contributed by atoms with Crippen molar-refractivity contribution >= 4 is 99.7 Å². The van der Waals surface area contributed by atoms with Crippen LogP contribution in [-0.4, -0.2) is 147 Å². The standard InChI is InChI=1S/C43H41NO8.C41H37NO8.C39H45NO8/c1-22-8-5-10-26(16-22)12-7-13-32(45)37-28-18-24(3)35(39(48)30(28)20-33(46)41(37)50)36-25(4)19-29-31(40(36)49)21-34(47)42(51)38(29)43(52)44-15-14-27-11-6-9-23(2)17-27;1-22-18-26-28(20-31(44)39(48)35(26)30(43)15-9-14-24-10-5-3-6-11-24)37(46)33(22)34-23(2)19-27-29(38(34)47)21-32(45)40(49)36(27)41(50)42-17-16-25-12-7-4-8-13-25;1-20-15-24-26(17-29(42)37(46)33(24)28(41)14-13-22-9-5-3-6-10-22)35(44)31(20)32-21(2)16-25-27(36(32)45)18-30(43)38(47)34(25)39(48)40-19-23-11-7-4-8-12-23/h5-6,8-11,16-21,46-51H,7,12-15H2,1-4H3,(H,44,52);3-8,10-13,18-21,44-49H,9,14-17H2,1-2H3,(H,42,50);15-18,22-23,42-47H,3-14,19H2,1-2H3,(H,40,48). The van der Waals surface area contributed by atoms with E-state index in [2.05, 4.69) is 16.0 Å². The summed E-state index contributed by atoms with van der Waals surface area (Å²) in [7, 11) is 0. The molecule has 0 saturated heterocycles. The van der Waals surface area contributed by atoms with Gasteiger partial charge in [-0.3, -0.25) is 28.8 Å². The Bertz CT molecular complexity index is 7630. The number of amides is 3. The molecule has 18 rings (SSSR count). The second kappa shape index (κ2) is 44.7. The normalized spacial score (nSPS) is 12.8. The van der Waals surface area contributed by atoms with Gasteiger partial charge in [-0.05, 0) is 253 Å². The van der Waals surface area contributed by atoms with Crippen LogP contribution in [0.5, 0.6) is 103 Å². The lowest BCUT2D eigenvalue weighted by atomic mass is 9.84. The third-order valence-electron chi connectivity index (χ3n) is 29.4. The van der Waals surface area contributed by atoms with E-state index in [1.54, 1.807) is 77.9 Å². The molecule has 2 saturated carbocycles. The van der Waals surface area contributed by atoms with Crippen LogP contribution >= 0.6 is 0 Å². The lowest BCUT2D eigenvalue weighted by Crippen LogP contribution is -2.30. The number of phenolic OH excluding ortho intramolecular Hbond substituents is 18. The third-order valence-corrected chi connectivity index (χ3v) is 29.4. The summed E-state index contributed by atoms with van der Waals surface area (Å²) in [6, 6.07) is 51.7. The number of phenols is 18. The van der Waals surface area contributed by atoms with Crippen LogP contribution in [0.4, 0.5) is 0 Å². The number of hydrogen-bond acceptors (Lipinski definition) is 24. The molecule has 0 unspecified atom stereocenters. The molecule has 2 aliphatic rings. The van der Waals surface area contributed by atoms with Crippen LogP contribution < -0.4 is 16.0 Å². The lowest BCUT2D eigenvalue weighted by molar-refractivity contribution is 0.0936. The number of ketones is 3. The molecule has 21 N–H and O–H groups in total. The fraction of sp³-hybridized carbons (Fsp3) is 0.268. The zero-order valence-corrected chi connectivity index (χ0v) is 84.7. The third kappa shape index (κ3) is 21.4. The maximum atomic E-state index is 13.5. The van der Waals surface area contributed by atoms with Gasteiger partial charge in [-0.2, -0.15) is 0 Å². The molecule has 16 aromatic carbocycles. The van der Waals surface area contributed by atoms with E-state index in [1.165, 1.54) is 37.1 Å². The summed E-state index contributed by atoms with van der Waals surface area (Å²) in [5.74, 6) is -11.4. The van der Waals surface area contributed by atoms with Crippen molar-refractivity contribution in [1.82, 2.24) is 16.0 Å². The number of carbonyl (C=O) groups is 6. The number of carbonyl (C=O) groups excluding carboxylic acids is 6. The van der Waals surface area contributed by atoms with E-state index in [-0.39, 0.29) is 204 Å². The van der Waals surface area contributed by atoms with Crippen molar-refractivity contribution in [3.05, 3.63) is 282 Å². The minimum absolute atomic E-state index is 0.0468. The van der Waals surface area contributed by atoms with Gasteiger partial charge in [-0.1, -0.05) is 172 Å². The van der Waals surface area contributed by atoms with Crippen LogP contribution in [0.25, 0.3) is 98.0 Å². The number of nitrogens with one attached hydrogen (secondary N) is 3. The minimum Gasteiger partial charge on any atom is -0.507 e. The van der Waals surface area contributed by atoms with E-state index >= 15 is 0 Å². The number of aryl methyl sites for hydroxylation is 10. The number of fused-ring (bicyclic) bond motifs is 6. The molecule has 2 fully saturated rings. The average Bonchev–Trinajstić information content (AvgIpc) is 0.733. The van der Waals surface area contributed by atoms with Crippen LogP contribution in [-0.2, 0) is 25.7 Å². The molecule has 0 aromatic heterocycles. The quantitative estimate of drug-likeness (QED) is 0.0160. The van der Waals surface area contributed by atoms with Crippen molar-refractivity contribution in [2.75, 3.05) is 19.6 Å². The van der Waals surface area contributed by atoms with Gasteiger partial charge < -0.3 is 108 Å². The van der Waals surface area contributed by atoms with E-state index in [0.29, 0.717) is 96.7 Å². The Balaban J connectivity index is 0.000000160. The Hall–Kier alpha value is -17.1. The molecule has 774 valence electrons. The maximum absolute atomic E-state index is 13.5. The summed E-state index contributed by atoms with van der Waals surface area (Å²) in [5.41, 5.74) is 9.38. The van der Waals surface area contributed by atoms with Crippen molar-refractivity contribution in [2.24, 2.45) is 11.8 Å². The van der Waals surface area contributed by atoms with Gasteiger partial charge in [-0.25, -0.2) is 0 Å². The second-order valence-corrected chi connectivity index (χ2v) is 40.0. The number of rotatable bonds is 28. The molecule has 16 aromatic rings. The first-order valence-electron chi connectivity index (χ1n) is 50.6. The van der Waals surface area contributed by atoms with E-state index in [4.69, 9.17) is 0 Å². The van der Waals surface area contributed by atoms with Crippen molar-refractivity contribution in [3.63, 3.8) is 0 Å².